The third kappa shape index (κ3) is 4.54. The largest absolute Gasteiger partial charge is 0.493 e. The highest BCUT2D eigenvalue weighted by molar-refractivity contribution is 7.90. The Bertz CT molecular complexity index is 1050. The Labute approximate surface area is 156 Å². The van der Waals surface area contributed by atoms with Crippen molar-refractivity contribution in [3.63, 3.8) is 0 Å². The standard InChI is InChI=1S/C17H19N5O4S/c1-25-15-7-13-14(8-16(15)26-2)20-10-21-17(13)19-9-11-3-5-12(6-4-11)22-27(18,23)24/h3-8,10,22H,9H2,1-2H3,(H2,18,23,24)(H,19,20,21). The molecule has 0 fully saturated rings. The summed E-state index contributed by atoms with van der Waals surface area (Å²) in [6.45, 7) is 0.482. The lowest BCUT2D eigenvalue weighted by Crippen LogP contribution is -2.21. The van der Waals surface area contributed by atoms with Crippen molar-refractivity contribution in [3.8, 4) is 11.5 Å². The van der Waals surface area contributed by atoms with Gasteiger partial charge < -0.3 is 14.8 Å². The fourth-order valence-electron chi connectivity index (χ4n) is 2.56. The summed E-state index contributed by atoms with van der Waals surface area (Å²) in [4.78, 5) is 8.55. The number of hydrogen-bond acceptors (Lipinski definition) is 7. The Hall–Kier alpha value is -3.11. The van der Waals surface area contributed by atoms with Crippen LogP contribution in [0.4, 0.5) is 11.5 Å². The highest BCUT2D eigenvalue weighted by Gasteiger charge is 2.11. The lowest BCUT2D eigenvalue weighted by molar-refractivity contribution is 0.356. The Morgan fingerprint density at radius 1 is 1.04 bits per heavy atom. The van der Waals surface area contributed by atoms with Crippen LogP contribution in [0.25, 0.3) is 10.9 Å². The fraction of sp³-hybridized carbons (Fsp3) is 0.176. The van der Waals surface area contributed by atoms with Crippen LogP contribution in [0, 0.1) is 0 Å². The second-order valence-corrected chi connectivity index (χ2v) is 6.94. The molecule has 0 atom stereocenters. The lowest BCUT2D eigenvalue weighted by atomic mass is 10.2. The third-order valence-electron chi connectivity index (χ3n) is 3.81. The molecule has 10 heteroatoms. The van der Waals surface area contributed by atoms with Crippen LogP contribution >= 0.6 is 0 Å². The Morgan fingerprint density at radius 2 is 1.70 bits per heavy atom. The summed E-state index contributed by atoms with van der Waals surface area (Å²) in [6, 6.07) is 10.4. The summed E-state index contributed by atoms with van der Waals surface area (Å²) < 4.78 is 34.9. The lowest BCUT2D eigenvalue weighted by Gasteiger charge is -2.12. The monoisotopic (exact) mass is 389 g/mol. The summed E-state index contributed by atoms with van der Waals surface area (Å²) in [6.07, 6.45) is 1.47. The van der Waals surface area contributed by atoms with E-state index in [2.05, 4.69) is 20.0 Å². The van der Waals surface area contributed by atoms with Gasteiger partial charge in [-0.25, -0.2) is 15.1 Å². The van der Waals surface area contributed by atoms with Crippen molar-refractivity contribution in [3.05, 3.63) is 48.3 Å². The minimum Gasteiger partial charge on any atom is -0.493 e. The zero-order chi connectivity index (χ0) is 19.4. The number of aromatic nitrogens is 2. The Balaban J connectivity index is 1.80. The second kappa shape index (κ2) is 7.64. The van der Waals surface area contributed by atoms with Crippen molar-refractivity contribution in [2.24, 2.45) is 5.14 Å². The van der Waals surface area contributed by atoms with Gasteiger partial charge in [-0.1, -0.05) is 12.1 Å². The molecule has 0 aliphatic carbocycles. The highest BCUT2D eigenvalue weighted by Crippen LogP contribution is 2.33. The van der Waals surface area contributed by atoms with E-state index in [0.29, 0.717) is 29.5 Å². The first-order valence-electron chi connectivity index (χ1n) is 7.89. The molecule has 1 aromatic heterocycles. The molecule has 3 rings (SSSR count). The van der Waals surface area contributed by atoms with Crippen LogP contribution in [0.2, 0.25) is 0 Å². The molecule has 0 amide bonds. The van der Waals surface area contributed by atoms with E-state index in [1.807, 2.05) is 6.07 Å². The van der Waals surface area contributed by atoms with Crippen molar-refractivity contribution in [1.29, 1.82) is 0 Å². The molecule has 0 saturated heterocycles. The summed E-state index contributed by atoms with van der Waals surface area (Å²) in [5.74, 6) is 1.82. The molecule has 0 saturated carbocycles. The number of benzene rings is 2. The minimum atomic E-state index is -3.79. The third-order valence-corrected chi connectivity index (χ3v) is 4.33. The van der Waals surface area contributed by atoms with Crippen LogP contribution in [-0.2, 0) is 16.8 Å². The first-order chi connectivity index (χ1) is 12.9. The maximum absolute atomic E-state index is 11.0. The molecular weight excluding hydrogens is 370 g/mol. The zero-order valence-corrected chi connectivity index (χ0v) is 15.6. The summed E-state index contributed by atoms with van der Waals surface area (Å²) in [7, 11) is -0.652. The maximum Gasteiger partial charge on any atom is 0.296 e. The number of ether oxygens (including phenoxy) is 2. The van der Waals surface area contributed by atoms with E-state index in [1.165, 1.54) is 6.33 Å². The Kier molecular flexibility index (Phi) is 5.28. The first kappa shape index (κ1) is 18.7. The normalized spacial score (nSPS) is 11.2. The molecule has 0 aliphatic heterocycles. The topological polar surface area (TPSA) is 128 Å². The maximum atomic E-state index is 11.0. The predicted molar refractivity (Wildman–Crippen MR) is 103 cm³/mol. The highest BCUT2D eigenvalue weighted by atomic mass is 32.2. The molecule has 2 aromatic carbocycles. The second-order valence-electron chi connectivity index (χ2n) is 5.64. The van der Waals surface area contributed by atoms with Crippen LogP contribution in [0.1, 0.15) is 5.56 Å². The molecule has 4 N–H and O–H groups in total. The quantitative estimate of drug-likeness (QED) is 0.563. The average molecular weight is 389 g/mol. The van der Waals surface area contributed by atoms with Gasteiger partial charge in [-0.05, 0) is 23.8 Å². The van der Waals surface area contributed by atoms with Gasteiger partial charge >= 0.3 is 0 Å². The van der Waals surface area contributed by atoms with Crippen LogP contribution < -0.4 is 24.7 Å². The number of nitrogens with one attached hydrogen (secondary N) is 2. The van der Waals surface area contributed by atoms with E-state index >= 15 is 0 Å². The van der Waals surface area contributed by atoms with E-state index in [1.54, 1.807) is 44.6 Å². The van der Waals surface area contributed by atoms with Gasteiger partial charge in [-0.15, -0.1) is 0 Å². The van der Waals surface area contributed by atoms with E-state index < -0.39 is 10.2 Å². The number of fused-ring (bicyclic) bond motifs is 1. The first-order valence-corrected chi connectivity index (χ1v) is 9.44. The van der Waals surface area contributed by atoms with Gasteiger partial charge in [-0.3, -0.25) is 4.72 Å². The Morgan fingerprint density at radius 3 is 2.33 bits per heavy atom. The molecule has 0 bridgehead atoms. The molecule has 142 valence electrons. The molecule has 0 unspecified atom stereocenters. The summed E-state index contributed by atoms with van der Waals surface area (Å²) in [5, 5.41) is 9.00. The van der Waals surface area contributed by atoms with Crippen molar-refractivity contribution in [2.45, 2.75) is 6.54 Å². The van der Waals surface area contributed by atoms with Gasteiger partial charge in [0.2, 0.25) is 0 Å². The minimum absolute atomic E-state index is 0.394. The van der Waals surface area contributed by atoms with Gasteiger partial charge in [-0.2, -0.15) is 8.42 Å². The molecular formula is C17H19N5O4S. The van der Waals surface area contributed by atoms with Gasteiger partial charge in [0.15, 0.2) is 11.5 Å². The number of methoxy groups -OCH3 is 2. The van der Waals surface area contributed by atoms with E-state index in [-0.39, 0.29) is 0 Å². The molecule has 0 spiro atoms. The van der Waals surface area contributed by atoms with Crippen LogP contribution in [0.5, 0.6) is 11.5 Å². The smallest absolute Gasteiger partial charge is 0.296 e. The summed E-state index contributed by atoms with van der Waals surface area (Å²) >= 11 is 0. The van der Waals surface area contributed by atoms with Gasteiger partial charge in [0, 0.05) is 23.7 Å². The molecule has 0 radical (unpaired) electrons. The molecule has 9 nitrogen and oxygen atoms in total. The molecule has 0 aliphatic rings. The number of nitrogens with zero attached hydrogens (tertiary/aromatic N) is 2. The van der Waals surface area contributed by atoms with Crippen molar-refractivity contribution < 1.29 is 17.9 Å². The van der Waals surface area contributed by atoms with Gasteiger partial charge in [0.05, 0.1) is 19.7 Å². The number of hydrogen-bond donors (Lipinski definition) is 3. The van der Waals surface area contributed by atoms with E-state index in [9.17, 15) is 8.42 Å². The molecule has 1 heterocycles. The van der Waals surface area contributed by atoms with Crippen LogP contribution in [-0.4, -0.2) is 32.6 Å². The SMILES string of the molecule is COc1cc2ncnc(NCc3ccc(NS(N)(=O)=O)cc3)c2cc1OC. The zero-order valence-electron chi connectivity index (χ0n) is 14.8. The average Bonchev–Trinajstić information content (AvgIpc) is 2.65. The predicted octanol–water partition coefficient (Wildman–Crippen LogP) is 1.87. The van der Waals surface area contributed by atoms with Crippen molar-refractivity contribution in [2.75, 3.05) is 24.3 Å². The fourth-order valence-corrected chi connectivity index (χ4v) is 3.03. The number of anilines is 2. The van der Waals surface area contributed by atoms with Crippen molar-refractivity contribution >= 4 is 32.6 Å². The molecule has 3 aromatic rings. The number of rotatable bonds is 7. The van der Waals surface area contributed by atoms with Crippen molar-refractivity contribution in [1.82, 2.24) is 9.97 Å². The summed E-state index contributed by atoms with van der Waals surface area (Å²) in [5.41, 5.74) is 2.05. The van der Waals surface area contributed by atoms with E-state index in [4.69, 9.17) is 14.6 Å². The molecule has 27 heavy (non-hydrogen) atoms. The number of nitrogens with two attached hydrogens (primary N) is 1. The van der Waals surface area contributed by atoms with Crippen LogP contribution in [0.3, 0.4) is 0 Å². The van der Waals surface area contributed by atoms with Gasteiger partial charge in [0.25, 0.3) is 10.2 Å². The van der Waals surface area contributed by atoms with Crippen LogP contribution in [0.15, 0.2) is 42.7 Å². The van der Waals surface area contributed by atoms with Gasteiger partial charge in [0.1, 0.15) is 12.1 Å². The van der Waals surface area contributed by atoms with E-state index in [0.717, 1.165) is 16.5 Å².